The van der Waals surface area contributed by atoms with E-state index in [9.17, 15) is 13.2 Å². The Morgan fingerprint density at radius 1 is 1.27 bits per heavy atom. The molecule has 8 heteroatoms. The van der Waals surface area contributed by atoms with Crippen molar-refractivity contribution in [1.29, 1.82) is 0 Å². The maximum absolute atomic E-state index is 12.6. The minimum Gasteiger partial charge on any atom is -0.310 e. The zero-order valence-corrected chi connectivity index (χ0v) is 15.9. The molecule has 26 heavy (non-hydrogen) atoms. The number of para-hydroxylation sites is 1. The number of rotatable bonds is 5. The summed E-state index contributed by atoms with van der Waals surface area (Å²) in [6.45, 7) is 2.68. The van der Waals surface area contributed by atoms with Gasteiger partial charge in [0.25, 0.3) is 5.91 Å². The third kappa shape index (κ3) is 3.81. The van der Waals surface area contributed by atoms with Crippen molar-refractivity contribution in [3.8, 4) is 0 Å². The molecule has 0 saturated carbocycles. The summed E-state index contributed by atoms with van der Waals surface area (Å²) in [5.41, 5.74) is 2.07. The molecule has 1 fully saturated rings. The van der Waals surface area contributed by atoms with Crippen LogP contribution in [0.15, 0.2) is 36.4 Å². The van der Waals surface area contributed by atoms with Crippen LogP contribution in [0, 0.1) is 0 Å². The fourth-order valence-corrected chi connectivity index (χ4v) is 4.36. The van der Waals surface area contributed by atoms with Crippen molar-refractivity contribution < 1.29 is 13.2 Å². The third-order valence-corrected chi connectivity index (χ3v) is 6.80. The number of benzene rings is 1. The van der Waals surface area contributed by atoms with E-state index in [4.69, 9.17) is 0 Å². The smallest absolute Gasteiger partial charge is 0.278 e. The Hall–Kier alpha value is -2.19. The lowest BCUT2D eigenvalue weighted by Gasteiger charge is -2.30. The van der Waals surface area contributed by atoms with Crippen LogP contribution in [0.4, 0.5) is 5.69 Å². The normalized spacial score (nSPS) is 16.5. The van der Waals surface area contributed by atoms with Crippen LogP contribution in [0.3, 0.4) is 0 Å². The topological polar surface area (TPSA) is 86.4 Å². The summed E-state index contributed by atoms with van der Waals surface area (Å²) in [7, 11) is -1.41. The van der Waals surface area contributed by atoms with E-state index in [0.29, 0.717) is 18.8 Å². The largest absolute Gasteiger partial charge is 0.310 e. The Labute approximate surface area is 154 Å². The summed E-state index contributed by atoms with van der Waals surface area (Å²) in [5, 5.41) is 7.14. The number of anilines is 1. The SMILES string of the molecule is CCS(=O)(=O)N1CCC(c2cc(C(=O)N(C)c3ccccc3)n[nH]2)CC1. The molecule has 1 amide bonds. The molecular weight excluding hydrogens is 352 g/mol. The van der Waals surface area contributed by atoms with Crippen molar-refractivity contribution in [2.45, 2.75) is 25.7 Å². The number of aromatic nitrogens is 2. The lowest BCUT2D eigenvalue weighted by Crippen LogP contribution is -2.38. The van der Waals surface area contributed by atoms with Gasteiger partial charge < -0.3 is 4.90 Å². The number of carbonyl (C=O) groups is 1. The van der Waals surface area contributed by atoms with E-state index in [1.54, 1.807) is 29.2 Å². The van der Waals surface area contributed by atoms with Gasteiger partial charge in [0.15, 0.2) is 5.69 Å². The van der Waals surface area contributed by atoms with Crippen molar-refractivity contribution in [3.63, 3.8) is 0 Å². The Balaban J connectivity index is 1.66. The molecular formula is C18H24N4O3S. The van der Waals surface area contributed by atoms with Crippen LogP contribution in [0.5, 0.6) is 0 Å². The highest BCUT2D eigenvalue weighted by atomic mass is 32.2. The van der Waals surface area contributed by atoms with Crippen molar-refractivity contribution in [2.75, 3.05) is 30.8 Å². The third-order valence-electron chi connectivity index (χ3n) is 4.92. The summed E-state index contributed by atoms with van der Waals surface area (Å²) in [6, 6.07) is 11.2. The molecule has 0 unspecified atom stereocenters. The van der Waals surface area contributed by atoms with E-state index in [2.05, 4.69) is 10.2 Å². The summed E-state index contributed by atoms with van der Waals surface area (Å²) in [6.07, 6.45) is 1.45. The van der Waals surface area contributed by atoms with Gasteiger partial charge in [0.2, 0.25) is 10.0 Å². The van der Waals surface area contributed by atoms with Gasteiger partial charge in [-0.2, -0.15) is 5.10 Å². The first-order valence-electron chi connectivity index (χ1n) is 8.78. The summed E-state index contributed by atoms with van der Waals surface area (Å²) in [5.74, 6) is 0.144. The second kappa shape index (κ2) is 7.59. The van der Waals surface area contributed by atoms with Crippen molar-refractivity contribution in [3.05, 3.63) is 47.8 Å². The fraction of sp³-hybridized carbons (Fsp3) is 0.444. The first-order chi connectivity index (χ1) is 12.4. The van der Waals surface area contributed by atoms with E-state index in [1.807, 2.05) is 30.3 Å². The molecule has 1 aromatic heterocycles. The number of piperidine rings is 1. The maximum Gasteiger partial charge on any atom is 0.278 e. The molecule has 2 heterocycles. The van der Waals surface area contributed by atoms with E-state index in [1.165, 1.54) is 0 Å². The number of amides is 1. The second-order valence-corrected chi connectivity index (χ2v) is 8.74. The monoisotopic (exact) mass is 376 g/mol. The highest BCUT2D eigenvalue weighted by molar-refractivity contribution is 7.89. The number of hydrogen-bond donors (Lipinski definition) is 1. The minimum absolute atomic E-state index is 0.131. The van der Waals surface area contributed by atoms with Gasteiger partial charge >= 0.3 is 0 Å². The number of sulfonamides is 1. The lowest BCUT2D eigenvalue weighted by molar-refractivity contribution is 0.0988. The van der Waals surface area contributed by atoms with Gasteiger partial charge in [-0.3, -0.25) is 9.89 Å². The van der Waals surface area contributed by atoms with Gasteiger partial charge in [0.1, 0.15) is 0 Å². The van der Waals surface area contributed by atoms with Gasteiger partial charge in [0.05, 0.1) is 5.75 Å². The standard InChI is InChI=1S/C18H24N4O3S/c1-3-26(24,25)22-11-9-14(10-12-22)16-13-17(20-19-16)18(23)21(2)15-7-5-4-6-8-15/h4-8,13-14H,3,9-12H2,1-2H3,(H,19,20). The molecule has 0 atom stereocenters. The molecule has 0 bridgehead atoms. The molecule has 2 aromatic rings. The summed E-state index contributed by atoms with van der Waals surface area (Å²) >= 11 is 0. The van der Waals surface area contributed by atoms with Crippen LogP contribution in [-0.4, -0.2) is 54.7 Å². The van der Waals surface area contributed by atoms with Gasteiger partial charge in [-0.05, 0) is 38.0 Å². The number of carbonyl (C=O) groups excluding carboxylic acids is 1. The predicted molar refractivity (Wildman–Crippen MR) is 101 cm³/mol. The predicted octanol–water partition coefficient (Wildman–Crippen LogP) is 2.22. The number of nitrogens with one attached hydrogen (secondary N) is 1. The Kier molecular flexibility index (Phi) is 5.43. The Bertz CT molecular complexity index is 856. The fourth-order valence-electron chi connectivity index (χ4n) is 3.22. The molecule has 1 saturated heterocycles. The first-order valence-corrected chi connectivity index (χ1v) is 10.4. The molecule has 3 rings (SSSR count). The quantitative estimate of drug-likeness (QED) is 0.867. The zero-order valence-electron chi connectivity index (χ0n) is 15.1. The first kappa shape index (κ1) is 18.6. The van der Waals surface area contributed by atoms with E-state index in [-0.39, 0.29) is 17.6 Å². The van der Waals surface area contributed by atoms with E-state index < -0.39 is 10.0 Å². The number of nitrogens with zero attached hydrogens (tertiary/aromatic N) is 3. The van der Waals surface area contributed by atoms with E-state index in [0.717, 1.165) is 24.2 Å². The van der Waals surface area contributed by atoms with Crippen LogP contribution in [0.25, 0.3) is 0 Å². The molecule has 0 radical (unpaired) electrons. The molecule has 7 nitrogen and oxygen atoms in total. The van der Waals surface area contributed by atoms with Crippen molar-refractivity contribution >= 4 is 21.6 Å². The average molecular weight is 376 g/mol. The Morgan fingerprint density at radius 3 is 2.54 bits per heavy atom. The highest BCUT2D eigenvalue weighted by Gasteiger charge is 2.29. The maximum atomic E-state index is 12.6. The highest BCUT2D eigenvalue weighted by Crippen LogP contribution is 2.28. The van der Waals surface area contributed by atoms with Crippen LogP contribution in [0.2, 0.25) is 0 Å². The molecule has 1 N–H and O–H groups in total. The summed E-state index contributed by atoms with van der Waals surface area (Å²) in [4.78, 5) is 14.2. The second-order valence-electron chi connectivity index (χ2n) is 6.48. The molecule has 140 valence electrons. The molecule has 1 aliphatic heterocycles. The van der Waals surface area contributed by atoms with Crippen molar-refractivity contribution in [2.24, 2.45) is 0 Å². The molecule has 0 spiro atoms. The summed E-state index contributed by atoms with van der Waals surface area (Å²) < 4.78 is 25.5. The average Bonchev–Trinajstić information content (AvgIpc) is 3.18. The zero-order chi connectivity index (χ0) is 18.7. The van der Waals surface area contributed by atoms with Gasteiger partial charge in [-0.1, -0.05) is 18.2 Å². The number of hydrogen-bond acceptors (Lipinski definition) is 4. The van der Waals surface area contributed by atoms with Crippen LogP contribution in [0.1, 0.15) is 41.9 Å². The van der Waals surface area contributed by atoms with Crippen LogP contribution >= 0.6 is 0 Å². The minimum atomic E-state index is -3.13. The molecule has 0 aliphatic carbocycles. The Morgan fingerprint density at radius 2 is 1.92 bits per heavy atom. The lowest BCUT2D eigenvalue weighted by atomic mass is 9.94. The molecule has 1 aliphatic rings. The van der Waals surface area contributed by atoms with Crippen LogP contribution < -0.4 is 4.90 Å². The van der Waals surface area contributed by atoms with Gasteiger partial charge in [-0.15, -0.1) is 0 Å². The van der Waals surface area contributed by atoms with Crippen molar-refractivity contribution in [1.82, 2.24) is 14.5 Å². The number of H-pyrrole nitrogens is 1. The molecule has 1 aromatic carbocycles. The number of aromatic amines is 1. The van der Waals surface area contributed by atoms with Gasteiger partial charge in [-0.25, -0.2) is 12.7 Å². The van der Waals surface area contributed by atoms with Crippen LogP contribution in [-0.2, 0) is 10.0 Å². The van der Waals surface area contributed by atoms with E-state index >= 15 is 0 Å². The van der Waals surface area contributed by atoms with Gasteiger partial charge in [0, 0.05) is 37.4 Å².